The molecule has 0 aromatic heterocycles. The Balaban J connectivity index is 5.04. The maximum absolute atomic E-state index is 3.87. The maximum atomic E-state index is 3.87. The van der Waals surface area contributed by atoms with Crippen LogP contribution in [0.1, 0.15) is 41.5 Å². The van der Waals surface area contributed by atoms with Crippen LogP contribution in [0.15, 0.2) is 48.5 Å². The number of allylic oxidation sites excluding steroid dienone is 6. The third kappa shape index (κ3) is 7.04. The summed E-state index contributed by atoms with van der Waals surface area (Å²) in [7, 11) is 2.22. The van der Waals surface area contributed by atoms with E-state index in [1.807, 2.05) is 12.2 Å². The number of hydrogen-bond acceptors (Lipinski definition) is 0. The summed E-state index contributed by atoms with van der Waals surface area (Å²) in [6.45, 7) is 20.9. The third-order valence-electron chi connectivity index (χ3n) is 2.38. The minimum absolute atomic E-state index is 0.131. The van der Waals surface area contributed by atoms with Crippen molar-refractivity contribution in [2.45, 2.75) is 46.9 Å². The molecule has 0 fully saturated rings. The normalized spacial score (nSPS) is 14.5. The van der Waals surface area contributed by atoms with Gasteiger partial charge in [-0.1, -0.05) is 89.8 Å². The molecule has 0 rings (SSSR count). The molecular weight excluding hydrogens is 203 g/mol. The molecule has 0 aromatic carbocycles. The summed E-state index contributed by atoms with van der Waals surface area (Å²) in [4.78, 5) is 0. The average molecular weight is 229 g/mol. The van der Waals surface area contributed by atoms with E-state index in [0.29, 0.717) is 0 Å². The van der Waals surface area contributed by atoms with Crippen molar-refractivity contribution in [3.05, 3.63) is 48.5 Å². The summed E-state index contributed by atoms with van der Waals surface area (Å²) in [6.07, 6.45) is 8.06. The van der Waals surface area contributed by atoms with Gasteiger partial charge in [-0.25, -0.2) is 0 Å². The zero-order valence-corrected chi connectivity index (χ0v) is 12.3. The van der Waals surface area contributed by atoms with Crippen molar-refractivity contribution in [2.75, 3.05) is 0 Å². The van der Waals surface area contributed by atoms with E-state index in [1.165, 1.54) is 5.57 Å². The van der Waals surface area contributed by atoms with Gasteiger partial charge in [-0.2, -0.15) is 0 Å². The van der Waals surface area contributed by atoms with Crippen LogP contribution in [0.25, 0.3) is 0 Å². The SMILES string of the molecule is C=C/C([B]C(C)(C)C)=C\C=C(/C=C)C(C)(C)C. The van der Waals surface area contributed by atoms with Crippen molar-refractivity contribution in [1.82, 2.24) is 0 Å². The molecule has 0 N–H and O–H groups in total. The van der Waals surface area contributed by atoms with Gasteiger partial charge in [-0.05, 0) is 11.0 Å². The third-order valence-corrected chi connectivity index (χ3v) is 2.38. The van der Waals surface area contributed by atoms with Gasteiger partial charge in [0, 0.05) is 0 Å². The summed E-state index contributed by atoms with van der Waals surface area (Å²) in [5.74, 6) is 0. The summed E-state index contributed by atoms with van der Waals surface area (Å²) < 4.78 is 0. The molecule has 0 aliphatic heterocycles. The molecule has 1 heteroatoms. The molecule has 0 nitrogen and oxygen atoms in total. The molecule has 0 amide bonds. The molecule has 0 spiro atoms. The molecule has 0 aliphatic rings. The van der Waals surface area contributed by atoms with Gasteiger partial charge in [-0.3, -0.25) is 0 Å². The van der Waals surface area contributed by atoms with E-state index in [1.54, 1.807) is 0 Å². The van der Waals surface area contributed by atoms with Gasteiger partial charge in [0.2, 0.25) is 0 Å². The lowest BCUT2D eigenvalue weighted by molar-refractivity contribution is 0.517. The van der Waals surface area contributed by atoms with Crippen molar-refractivity contribution >= 4 is 7.28 Å². The number of hydrogen-bond donors (Lipinski definition) is 0. The van der Waals surface area contributed by atoms with Crippen LogP contribution in [-0.2, 0) is 0 Å². The van der Waals surface area contributed by atoms with Gasteiger partial charge in [0.05, 0.1) is 0 Å². The topological polar surface area (TPSA) is 0 Å². The van der Waals surface area contributed by atoms with Gasteiger partial charge >= 0.3 is 0 Å². The first kappa shape index (κ1) is 16.0. The average Bonchev–Trinajstić information content (AvgIpc) is 2.12. The second-order valence-corrected chi connectivity index (χ2v) is 6.46. The second kappa shape index (κ2) is 6.09. The maximum Gasteiger partial charge on any atom is 0.157 e. The fraction of sp³-hybridized carbons (Fsp3) is 0.500. The standard InChI is InChI=1S/C16H26B/c1-9-13(15(3,4)5)11-12-14(10-2)17-16(6,7)8/h9-12H,1-2H2,3-8H3/b13-11+,14-12+. The predicted octanol–water partition coefficient (Wildman–Crippen LogP) is 5.14. The minimum atomic E-state index is 0.131. The highest BCUT2D eigenvalue weighted by atomic mass is 14.2. The van der Waals surface area contributed by atoms with Crippen LogP contribution in [0.5, 0.6) is 0 Å². The zero-order valence-electron chi connectivity index (χ0n) is 12.3. The lowest BCUT2D eigenvalue weighted by Gasteiger charge is -2.20. The minimum Gasteiger partial charge on any atom is -0.0996 e. The smallest absolute Gasteiger partial charge is 0.0996 e. The quantitative estimate of drug-likeness (QED) is 0.462. The van der Waals surface area contributed by atoms with Crippen LogP contribution in [-0.4, -0.2) is 7.28 Å². The molecule has 0 aliphatic carbocycles. The summed E-state index contributed by atoms with van der Waals surface area (Å²) in [5.41, 5.74) is 2.52. The largest absolute Gasteiger partial charge is 0.157 e. The van der Waals surface area contributed by atoms with E-state index in [0.717, 1.165) is 5.47 Å². The first-order valence-electron chi connectivity index (χ1n) is 6.13. The molecule has 93 valence electrons. The Morgan fingerprint density at radius 3 is 1.71 bits per heavy atom. The summed E-state index contributed by atoms with van der Waals surface area (Å²) in [5, 5.41) is 0.171. The Hall–Kier alpha value is -0.975. The molecular formula is C16H26B. The first-order valence-corrected chi connectivity index (χ1v) is 6.13. The van der Waals surface area contributed by atoms with E-state index in [-0.39, 0.29) is 10.7 Å². The lowest BCUT2D eigenvalue weighted by Crippen LogP contribution is -2.10. The fourth-order valence-electron chi connectivity index (χ4n) is 1.49. The first-order chi connectivity index (χ1) is 7.60. The van der Waals surface area contributed by atoms with E-state index in [9.17, 15) is 0 Å². The van der Waals surface area contributed by atoms with Gasteiger partial charge < -0.3 is 0 Å². The Kier molecular flexibility index (Phi) is 5.74. The van der Waals surface area contributed by atoms with Crippen molar-refractivity contribution in [3.8, 4) is 0 Å². The van der Waals surface area contributed by atoms with E-state index >= 15 is 0 Å². The van der Waals surface area contributed by atoms with Crippen molar-refractivity contribution in [1.29, 1.82) is 0 Å². The van der Waals surface area contributed by atoms with Crippen LogP contribution in [0.3, 0.4) is 0 Å². The molecule has 0 atom stereocenters. The van der Waals surface area contributed by atoms with E-state index in [4.69, 9.17) is 0 Å². The predicted molar refractivity (Wildman–Crippen MR) is 81.5 cm³/mol. The van der Waals surface area contributed by atoms with E-state index in [2.05, 4.69) is 74.1 Å². The summed E-state index contributed by atoms with van der Waals surface area (Å²) in [6, 6.07) is 0. The van der Waals surface area contributed by atoms with Crippen molar-refractivity contribution in [2.24, 2.45) is 5.41 Å². The zero-order chi connectivity index (χ0) is 13.7. The Morgan fingerprint density at radius 1 is 0.882 bits per heavy atom. The van der Waals surface area contributed by atoms with Gasteiger partial charge in [0.25, 0.3) is 0 Å². The van der Waals surface area contributed by atoms with Crippen LogP contribution < -0.4 is 0 Å². The molecule has 0 bridgehead atoms. The summed E-state index contributed by atoms with van der Waals surface area (Å²) >= 11 is 0. The Morgan fingerprint density at radius 2 is 1.41 bits per heavy atom. The fourth-order valence-corrected chi connectivity index (χ4v) is 1.49. The molecule has 0 unspecified atom stereocenters. The second-order valence-electron chi connectivity index (χ2n) is 6.46. The van der Waals surface area contributed by atoms with E-state index < -0.39 is 0 Å². The Bertz CT molecular complexity index is 330. The molecule has 1 radical (unpaired) electrons. The highest BCUT2D eigenvalue weighted by molar-refractivity contribution is 6.49. The van der Waals surface area contributed by atoms with Crippen molar-refractivity contribution < 1.29 is 0 Å². The van der Waals surface area contributed by atoms with Gasteiger partial charge in [0.15, 0.2) is 7.28 Å². The van der Waals surface area contributed by atoms with Crippen LogP contribution >= 0.6 is 0 Å². The molecule has 0 heterocycles. The molecule has 17 heavy (non-hydrogen) atoms. The lowest BCUT2D eigenvalue weighted by atomic mass is 9.50. The highest BCUT2D eigenvalue weighted by Gasteiger charge is 2.15. The molecule has 0 saturated heterocycles. The monoisotopic (exact) mass is 229 g/mol. The van der Waals surface area contributed by atoms with Gasteiger partial charge in [0.1, 0.15) is 0 Å². The van der Waals surface area contributed by atoms with Crippen LogP contribution in [0.2, 0.25) is 5.31 Å². The highest BCUT2D eigenvalue weighted by Crippen LogP contribution is 2.27. The van der Waals surface area contributed by atoms with Crippen LogP contribution in [0, 0.1) is 5.41 Å². The molecule has 0 aromatic rings. The van der Waals surface area contributed by atoms with Gasteiger partial charge in [-0.15, -0.1) is 0 Å². The van der Waals surface area contributed by atoms with Crippen LogP contribution in [0.4, 0.5) is 0 Å². The Labute approximate surface area is 108 Å². The number of rotatable bonds is 4. The molecule has 0 saturated carbocycles. The van der Waals surface area contributed by atoms with Crippen molar-refractivity contribution in [3.63, 3.8) is 0 Å².